The van der Waals surface area contributed by atoms with Gasteiger partial charge in [0.2, 0.25) is 11.8 Å². The summed E-state index contributed by atoms with van der Waals surface area (Å²) in [6.45, 7) is 0.471. The Kier molecular flexibility index (Phi) is 5.83. The number of anilines is 2. The zero-order valence-electron chi connectivity index (χ0n) is 14.7. The second kappa shape index (κ2) is 8.47. The van der Waals surface area contributed by atoms with Crippen LogP contribution in [-0.4, -0.2) is 41.9 Å². The summed E-state index contributed by atoms with van der Waals surface area (Å²) in [6, 6.07) is 8.81. The summed E-state index contributed by atoms with van der Waals surface area (Å²) >= 11 is 0. The third kappa shape index (κ3) is 4.81. The molecule has 0 radical (unpaired) electrons. The SMILES string of the molecule is O=C(C[C@@H]1C(=O)NCCN1C(=O)Nc1ccc(F)cc1)Nc1ccc(F)cc1. The molecule has 4 amide bonds. The van der Waals surface area contributed by atoms with Crippen molar-refractivity contribution in [2.45, 2.75) is 12.5 Å². The molecule has 9 heteroatoms. The highest BCUT2D eigenvalue weighted by Gasteiger charge is 2.34. The lowest BCUT2D eigenvalue weighted by atomic mass is 10.1. The van der Waals surface area contributed by atoms with Crippen LogP contribution >= 0.6 is 0 Å². The highest BCUT2D eigenvalue weighted by atomic mass is 19.1. The first-order valence-corrected chi connectivity index (χ1v) is 8.59. The number of hydrogen-bond acceptors (Lipinski definition) is 3. The number of halogens is 2. The molecule has 0 aromatic heterocycles. The van der Waals surface area contributed by atoms with E-state index in [0.29, 0.717) is 11.4 Å². The van der Waals surface area contributed by atoms with E-state index < -0.39 is 35.5 Å². The molecule has 0 bridgehead atoms. The van der Waals surface area contributed by atoms with Crippen LogP contribution in [0.5, 0.6) is 0 Å². The van der Waals surface area contributed by atoms with E-state index >= 15 is 0 Å². The van der Waals surface area contributed by atoms with Gasteiger partial charge in [0, 0.05) is 24.5 Å². The van der Waals surface area contributed by atoms with Gasteiger partial charge in [0.05, 0.1) is 6.42 Å². The first kappa shape index (κ1) is 19.3. The molecule has 7 nitrogen and oxygen atoms in total. The molecular weight excluding hydrogens is 370 g/mol. The molecule has 1 heterocycles. The van der Waals surface area contributed by atoms with Gasteiger partial charge in [-0.15, -0.1) is 0 Å². The maximum absolute atomic E-state index is 13.0. The minimum Gasteiger partial charge on any atom is -0.353 e. The van der Waals surface area contributed by atoms with E-state index in [-0.39, 0.29) is 19.5 Å². The average molecular weight is 388 g/mol. The van der Waals surface area contributed by atoms with E-state index in [1.54, 1.807) is 0 Å². The van der Waals surface area contributed by atoms with Crippen LogP contribution < -0.4 is 16.0 Å². The van der Waals surface area contributed by atoms with Crippen LogP contribution in [0, 0.1) is 11.6 Å². The van der Waals surface area contributed by atoms with E-state index in [4.69, 9.17) is 0 Å². The average Bonchev–Trinajstić information content (AvgIpc) is 2.67. The van der Waals surface area contributed by atoms with Crippen LogP contribution in [0.3, 0.4) is 0 Å². The number of nitrogens with zero attached hydrogens (tertiary/aromatic N) is 1. The normalized spacial score (nSPS) is 16.3. The Morgan fingerprint density at radius 3 is 2.07 bits per heavy atom. The molecule has 1 aliphatic heterocycles. The first-order chi connectivity index (χ1) is 13.4. The van der Waals surface area contributed by atoms with Crippen molar-refractivity contribution in [3.8, 4) is 0 Å². The second-order valence-electron chi connectivity index (χ2n) is 6.20. The number of nitrogens with one attached hydrogen (secondary N) is 3. The Balaban J connectivity index is 1.66. The Labute approximate surface area is 159 Å². The maximum atomic E-state index is 13.0. The topological polar surface area (TPSA) is 90.5 Å². The number of rotatable bonds is 4. The predicted octanol–water partition coefficient (Wildman–Crippen LogP) is 2.33. The van der Waals surface area contributed by atoms with Crippen molar-refractivity contribution in [1.82, 2.24) is 10.2 Å². The van der Waals surface area contributed by atoms with Gasteiger partial charge in [-0.05, 0) is 48.5 Å². The number of hydrogen-bond donors (Lipinski definition) is 3. The van der Waals surface area contributed by atoms with Crippen molar-refractivity contribution < 1.29 is 23.2 Å². The van der Waals surface area contributed by atoms with Crippen LogP contribution in [0.4, 0.5) is 25.0 Å². The molecule has 0 saturated carbocycles. The minimum absolute atomic E-state index is 0.216. The molecule has 1 aliphatic rings. The number of urea groups is 1. The van der Waals surface area contributed by atoms with Crippen LogP contribution in [-0.2, 0) is 9.59 Å². The van der Waals surface area contributed by atoms with Gasteiger partial charge in [0.25, 0.3) is 0 Å². The van der Waals surface area contributed by atoms with Gasteiger partial charge >= 0.3 is 6.03 Å². The van der Waals surface area contributed by atoms with Crippen molar-refractivity contribution in [1.29, 1.82) is 0 Å². The standard InChI is InChI=1S/C19H18F2N4O3/c20-12-1-5-14(6-2-12)23-17(26)11-16-18(27)22-9-10-25(16)19(28)24-15-7-3-13(21)4-8-15/h1-8,16H,9-11H2,(H,22,27)(H,23,26)(H,24,28)/t16-/m1/s1. The Morgan fingerprint density at radius 1 is 0.964 bits per heavy atom. The van der Waals surface area contributed by atoms with Gasteiger partial charge in [0.15, 0.2) is 0 Å². The summed E-state index contributed by atoms with van der Waals surface area (Å²) in [6.07, 6.45) is -0.264. The molecule has 2 aromatic rings. The fraction of sp³-hybridized carbons (Fsp3) is 0.211. The zero-order valence-corrected chi connectivity index (χ0v) is 14.7. The lowest BCUT2D eigenvalue weighted by Gasteiger charge is -2.34. The lowest BCUT2D eigenvalue weighted by Crippen LogP contribution is -2.59. The molecule has 0 spiro atoms. The van der Waals surface area contributed by atoms with Crippen LogP contribution in [0.2, 0.25) is 0 Å². The first-order valence-electron chi connectivity index (χ1n) is 8.59. The number of carbonyl (C=O) groups is 3. The van der Waals surface area contributed by atoms with Crippen molar-refractivity contribution in [2.24, 2.45) is 0 Å². The van der Waals surface area contributed by atoms with Crippen molar-refractivity contribution >= 4 is 29.2 Å². The molecule has 146 valence electrons. The molecular formula is C19H18F2N4O3. The van der Waals surface area contributed by atoms with E-state index in [1.165, 1.54) is 53.4 Å². The van der Waals surface area contributed by atoms with E-state index in [0.717, 1.165) is 0 Å². The van der Waals surface area contributed by atoms with Gasteiger partial charge in [-0.3, -0.25) is 9.59 Å². The zero-order chi connectivity index (χ0) is 20.1. The predicted molar refractivity (Wildman–Crippen MR) is 98.6 cm³/mol. The fourth-order valence-electron chi connectivity index (χ4n) is 2.81. The van der Waals surface area contributed by atoms with Crippen molar-refractivity contribution in [3.05, 3.63) is 60.2 Å². The molecule has 3 rings (SSSR count). The molecule has 28 heavy (non-hydrogen) atoms. The Morgan fingerprint density at radius 2 is 1.50 bits per heavy atom. The fourth-order valence-corrected chi connectivity index (χ4v) is 2.81. The molecule has 1 atom stereocenters. The lowest BCUT2D eigenvalue weighted by molar-refractivity contribution is -0.130. The van der Waals surface area contributed by atoms with E-state index in [1.807, 2.05) is 0 Å². The summed E-state index contributed by atoms with van der Waals surface area (Å²) in [5, 5.41) is 7.78. The van der Waals surface area contributed by atoms with Gasteiger partial charge in [-0.2, -0.15) is 0 Å². The monoisotopic (exact) mass is 388 g/mol. The number of benzene rings is 2. The van der Waals surface area contributed by atoms with E-state index in [2.05, 4.69) is 16.0 Å². The summed E-state index contributed by atoms with van der Waals surface area (Å²) in [5.74, 6) is -1.82. The molecule has 0 aliphatic carbocycles. The molecule has 1 fully saturated rings. The molecule has 0 unspecified atom stereocenters. The van der Waals surface area contributed by atoms with Crippen LogP contribution in [0.15, 0.2) is 48.5 Å². The highest BCUT2D eigenvalue weighted by molar-refractivity contribution is 5.99. The summed E-state index contributed by atoms with van der Waals surface area (Å²) in [5.41, 5.74) is 0.747. The Bertz CT molecular complexity index is 872. The number of carbonyl (C=O) groups excluding carboxylic acids is 3. The molecule has 2 aromatic carbocycles. The number of piperazine rings is 1. The minimum atomic E-state index is -1.00. The summed E-state index contributed by atoms with van der Waals surface area (Å²) in [4.78, 5) is 38.3. The summed E-state index contributed by atoms with van der Waals surface area (Å²) < 4.78 is 25.9. The van der Waals surface area contributed by atoms with Crippen molar-refractivity contribution in [2.75, 3.05) is 23.7 Å². The third-order valence-electron chi connectivity index (χ3n) is 4.19. The van der Waals surface area contributed by atoms with E-state index in [9.17, 15) is 23.2 Å². The smallest absolute Gasteiger partial charge is 0.322 e. The Hall–Kier alpha value is -3.49. The molecule has 3 N–H and O–H groups in total. The van der Waals surface area contributed by atoms with Gasteiger partial charge in [0.1, 0.15) is 17.7 Å². The van der Waals surface area contributed by atoms with Crippen molar-refractivity contribution in [3.63, 3.8) is 0 Å². The van der Waals surface area contributed by atoms with Gasteiger partial charge in [-0.1, -0.05) is 0 Å². The largest absolute Gasteiger partial charge is 0.353 e. The third-order valence-corrected chi connectivity index (χ3v) is 4.19. The van der Waals surface area contributed by atoms with Gasteiger partial charge < -0.3 is 20.9 Å². The van der Waals surface area contributed by atoms with Gasteiger partial charge in [-0.25, -0.2) is 13.6 Å². The quantitative estimate of drug-likeness (QED) is 0.751. The number of amides is 4. The highest BCUT2D eigenvalue weighted by Crippen LogP contribution is 2.15. The summed E-state index contributed by atoms with van der Waals surface area (Å²) in [7, 11) is 0. The van der Waals surface area contributed by atoms with Crippen LogP contribution in [0.25, 0.3) is 0 Å². The maximum Gasteiger partial charge on any atom is 0.322 e. The second-order valence-corrected chi connectivity index (χ2v) is 6.20. The molecule has 1 saturated heterocycles. The van der Waals surface area contributed by atoms with Crippen LogP contribution in [0.1, 0.15) is 6.42 Å².